The number of carbonyl (C=O) groups excluding carboxylic acids is 1. The maximum atomic E-state index is 11.9. The number of hydrogen-bond acceptors (Lipinski definition) is 5. The van der Waals surface area contributed by atoms with Crippen molar-refractivity contribution in [1.82, 2.24) is 0 Å². The van der Waals surface area contributed by atoms with Crippen LogP contribution < -0.4 is 15.8 Å². The number of carbonyl (C=O) groups is 2. The van der Waals surface area contributed by atoms with Gasteiger partial charge in [0.15, 0.2) is 0 Å². The lowest BCUT2D eigenvalue weighted by Crippen LogP contribution is -2.36. The molecule has 0 aromatic heterocycles. The lowest BCUT2D eigenvalue weighted by atomic mass is 10.1. The summed E-state index contributed by atoms with van der Waals surface area (Å²) in [6.45, 7) is 0. The van der Waals surface area contributed by atoms with Crippen LogP contribution in [-0.2, 0) is 4.79 Å². The Labute approximate surface area is 121 Å². The molecule has 20 heavy (non-hydrogen) atoms. The summed E-state index contributed by atoms with van der Waals surface area (Å²) in [5, 5.41) is 11.6. The van der Waals surface area contributed by atoms with Crippen molar-refractivity contribution in [2.75, 3.05) is 24.4 Å². The van der Waals surface area contributed by atoms with E-state index in [9.17, 15) is 9.59 Å². The molecule has 0 aliphatic rings. The topological polar surface area (TPSA) is 102 Å². The Hall–Kier alpha value is -1.73. The highest BCUT2D eigenvalue weighted by molar-refractivity contribution is 7.98. The summed E-state index contributed by atoms with van der Waals surface area (Å²) in [5.74, 6) is -0.309. The van der Waals surface area contributed by atoms with Crippen molar-refractivity contribution in [3.8, 4) is 5.75 Å². The van der Waals surface area contributed by atoms with Crippen molar-refractivity contribution in [3.63, 3.8) is 0 Å². The lowest BCUT2D eigenvalue weighted by molar-refractivity contribution is -0.117. The van der Waals surface area contributed by atoms with E-state index in [0.29, 0.717) is 12.2 Å². The fraction of sp³-hybridized carbons (Fsp3) is 0.385. The zero-order chi connectivity index (χ0) is 15.1. The Morgan fingerprint density at radius 3 is 2.75 bits per heavy atom. The van der Waals surface area contributed by atoms with Crippen LogP contribution in [0.1, 0.15) is 16.8 Å². The molecule has 1 atom stereocenters. The molecule has 0 fully saturated rings. The van der Waals surface area contributed by atoms with Gasteiger partial charge >= 0.3 is 5.97 Å². The van der Waals surface area contributed by atoms with Gasteiger partial charge in [0, 0.05) is 6.07 Å². The molecule has 0 aliphatic heterocycles. The van der Waals surface area contributed by atoms with Crippen LogP contribution >= 0.6 is 11.8 Å². The first-order valence-corrected chi connectivity index (χ1v) is 7.35. The van der Waals surface area contributed by atoms with Crippen LogP contribution in [0.3, 0.4) is 0 Å². The van der Waals surface area contributed by atoms with Crippen LogP contribution in [0, 0.1) is 0 Å². The lowest BCUT2D eigenvalue weighted by Gasteiger charge is -2.14. The number of aromatic carboxylic acids is 1. The van der Waals surface area contributed by atoms with Crippen LogP contribution in [0.5, 0.6) is 5.75 Å². The molecule has 0 bridgehead atoms. The van der Waals surface area contributed by atoms with Gasteiger partial charge in [0.1, 0.15) is 5.75 Å². The van der Waals surface area contributed by atoms with Crippen molar-refractivity contribution in [3.05, 3.63) is 23.8 Å². The summed E-state index contributed by atoms with van der Waals surface area (Å²) in [6.07, 6.45) is 2.45. The van der Waals surface area contributed by atoms with Crippen molar-refractivity contribution in [2.45, 2.75) is 12.5 Å². The van der Waals surface area contributed by atoms with E-state index >= 15 is 0 Å². The van der Waals surface area contributed by atoms with E-state index in [-0.39, 0.29) is 11.3 Å². The summed E-state index contributed by atoms with van der Waals surface area (Å²) in [4.78, 5) is 23.0. The fourth-order valence-corrected chi connectivity index (χ4v) is 2.03. The molecule has 6 nitrogen and oxygen atoms in total. The number of amides is 1. The Morgan fingerprint density at radius 1 is 1.50 bits per heavy atom. The van der Waals surface area contributed by atoms with Gasteiger partial charge in [-0.25, -0.2) is 4.79 Å². The number of benzene rings is 1. The second kappa shape index (κ2) is 7.76. The number of thioether (sulfide) groups is 1. The first-order valence-electron chi connectivity index (χ1n) is 5.96. The van der Waals surface area contributed by atoms with Crippen LogP contribution in [0.2, 0.25) is 0 Å². The van der Waals surface area contributed by atoms with Crippen LogP contribution in [0.25, 0.3) is 0 Å². The highest BCUT2D eigenvalue weighted by Crippen LogP contribution is 2.23. The molecular weight excluding hydrogens is 280 g/mol. The number of carboxylic acids is 1. The van der Waals surface area contributed by atoms with Crippen molar-refractivity contribution in [1.29, 1.82) is 0 Å². The van der Waals surface area contributed by atoms with Gasteiger partial charge in [0.2, 0.25) is 5.91 Å². The Morgan fingerprint density at radius 2 is 2.20 bits per heavy atom. The van der Waals surface area contributed by atoms with E-state index in [1.807, 2.05) is 6.26 Å². The third-order valence-electron chi connectivity index (χ3n) is 2.68. The maximum absolute atomic E-state index is 11.9. The van der Waals surface area contributed by atoms with Gasteiger partial charge in [-0.05, 0) is 30.6 Å². The summed E-state index contributed by atoms with van der Waals surface area (Å²) in [6, 6.07) is 3.69. The molecule has 7 heteroatoms. The zero-order valence-electron chi connectivity index (χ0n) is 11.4. The molecule has 0 heterocycles. The number of carboxylic acid groups (broad SMARTS) is 1. The van der Waals surface area contributed by atoms with Gasteiger partial charge in [-0.2, -0.15) is 11.8 Å². The quantitative estimate of drug-likeness (QED) is 0.703. The minimum absolute atomic E-state index is 0.00350. The number of nitrogens with two attached hydrogens (primary N) is 1. The highest BCUT2D eigenvalue weighted by Gasteiger charge is 2.17. The number of methoxy groups -OCH3 is 1. The summed E-state index contributed by atoms with van der Waals surface area (Å²) < 4.78 is 5.02. The normalized spacial score (nSPS) is 11.8. The molecule has 1 amide bonds. The average molecular weight is 298 g/mol. The summed E-state index contributed by atoms with van der Waals surface area (Å²) in [5.41, 5.74) is 5.92. The first-order chi connectivity index (χ1) is 9.49. The van der Waals surface area contributed by atoms with Crippen molar-refractivity contribution >= 4 is 29.3 Å². The molecule has 0 radical (unpaired) electrons. The van der Waals surface area contributed by atoms with E-state index in [4.69, 9.17) is 15.6 Å². The second-order valence-electron chi connectivity index (χ2n) is 4.09. The molecule has 0 unspecified atom stereocenters. The third-order valence-corrected chi connectivity index (χ3v) is 3.33. The molecular formula is C13H18N2O4S. The molecule has 0 saturated carbocycles. The van der Waals surface area contributed by atoms with Gasteiger partial charge < -0.3 is 20.9 Å². The minimum atomic E-state index is -1.12. The Bertz CT molecular complexity index is 493. The van der Waals surface area contributed by atoms with Gasteiger partial charge in [0.25, 0.3) is 0 Å². The van der Waals surface area contributed by atoms with E-state index < -0.39 is 17.9 Å². The number of rotatable bonds is 7. The van der Waals surface area contributed by atoms with Gasteiger partial charge in [-0.3, -0.25) is 4.79 Å². The van der Waals surface area contributed by atoms with Gasteiger partial charge in [-0.15, -0.1) is 0 Å². The van der Waals surface area contributed by atoms with Crippen molar-refractivity contribution < 1.29 is 19.4 Å². The van der Waals surface area contributed by atoms with Crippen LogP contribution in [-0.4, -0.2) is 42.1 Å². The third kappa shape index (κ3) is 4.43. The Balaban J connectivity index is 2.89. The number of nitrogens with one attached hydrogen (secondary N) is 1. The molecule has 1 aromatic carbocycles. The van der Waals surface area contributed by atoms with Crippen molar-refractivity contribution in [2.24, 2.45) is 5.73 Å². The van der Waals surface area contributed by atoms with E-state index in [2.05, 4.69) is 5.32 Å². The number of anilines is 1. The molecule has 0 aliphatic carbocycles. The SMILES string of the molecule is COc1ccc(C(=O)O)c(NC(=O)[C@H](N)CCSC)c1. The molecule has 0 saturated heterocycles. The largest absolute Gasteiger partial charge is 0.497 e. The summed E-state index contributed by atoms with van der Waals surface area (Å²) >= 11 is 1.59. The predicted molar refractivity (Wildman–Crippen MR) is 79.6 cm³/mol. The van der Waals surface area contributed by atoms with E-state index in [0.717, 1.165) is 5.75 Å². The molecule has 0 spiro atoms. The maximum Gasteiger partial charge on any atom is 0.337 e. The molecule has 110 valence electrons. The van der Waals surface area contributed by atoms with Gasteiger partial charge in [0.05, 0.1) is 24.4 Å². The minimum Gasteiger partial charge on any atom is -0.497 e. The zero-order valence-corrected chi connectivity index (χ0v) is 12.2. The van der Waals surface area contributed by atoms with E-state index in [1.165, 1.54) is 25.3 Å². The van der Waals surface area contributed by atoms with Crippen LogP contribution in [0.4, 0.5) is 5.69 Å². The first kappa shape index (κ1) is 16.3. The molecule has 4 N–H and O–H groups in total. The van der Waals surface area contributed by atoms with E-state index in [1.54, 1.807) is 11.8 Å². The average Bonchev–Trinajstić information content (AvgIpc) is 2.44. The number of ether oxygens (including phenoxy) is 1. The summed E-state index contributed by atoms with van der Waals surface area (Å²) in [7, 11) is 1.46. The smallest absolute Gasteiger partial charge is 0.337 e. The monoisotopic (exact) mass is 298 g/mol. The molecule has 1 aromatic rings. The predicted octanol–water partition coefficient (Wildman–Crippen LogP) is 1.41. The molecule has 1 rings (SSSR count). The van der Waals surface area contributed by atoms with Gasteiger partial charge in [-0.1, -0.05) is 0 Å². The standard InChI is InChI=1S/C13H18N2O4S/c1-19-8-3-4-9(13(17)18)11(7-8)15-12(16)10(14)5-6-20-2/h3-4,7,10H,5-6,14H2,1-2H3,(H,15,16)(H,17,18)/t10-/m1/s1. The Kier molecular flexibility index (Phi) is 6.33. The second-order valence-corrected chi connectivity index (χ2v) is 5.08. The number of hydrogen-bond donors (Lipinski definition) is 3. The highest BCUT2D eigenvalue weighted by atomic mass is 32.2. The van der Waals surface area contributed by atoms with Crippen LogP contribution in [0.15, 0.2) is 18.2 Å². The fourth-order valence-electron chi connectivity index (χ4n) is 1.54.